The Labute approximate surface area is 118 Å². The molecule has 1 unspecified atom stereocenters. The summed E-state index contributed by atoms with van der Waals surface area (Å²) in [5, 5.41) is 6.00. The van der Waals surface area contributed by atoms with Crippen molar-refractivity contribution < 1.29 is 0 Å². The fourth-order valence-corrected chi connectivity index (χ4v) is 4.49. The first-order chi connectivity index (χ1) is 9.40. The molecule has 1 aromatic heterocycles. The van der Waals surface area contributed by atoms with Crippen molar-refractivity contribution in [1.29, 1.82) is 0 Å². The molecule has 98 valence electrons. The monoisotopic (exact) mass is 269 g/mol. The summed E-state index contributed by atoms with van der Waals surface area (Å²) in [4.78, 5) is 1.59. The van der Waals surface area contributed by atoms with Gasteiger partial charge in [-0.15, -0.1) is 11.3 Å². The van der Waals surface area contributed by atoms with E-state index in [0.717, 1.165) is 0 Å². The first kappa shape index (κ1) is 11.5. The number of rotatable bonds is 2. The van der Waals surface area contributed by atoms with Gasteiger partial charge < -0.3 is 5.32 Å². The van der Waals surface area contributed by atoms with E-state index in [4.69, 9.17) is 0 Å². The van der Waals surface area contributed by atoms with Crippen molar-refractivity contribution in [1.82, 2.24) is 0 Å². The molecule has 0 radical (unpaired) electrons. The van der Waals surface area contributed by atoms with Crippen molar-refractivity contribution in [2.75, 3.05) is 5.32 Å². The van der Waals surface area contributed by atoms with Crippen molar-refractivity contribution in [2.24, 2.45) is 0 Å². The predicted octanol–water partition coefficient (Wildman–Crippen LogP) is 4.73. The largest absolute Gasteiger partial charge is 0.378 e. The minimum Gasteiger partial charge on any atom is -0.378 e. The number of fused-ring (bicyclic) bond motifs is 2. The fourth-order valence-electron chi connectivity index (χ4n) is 3.50. The molecule has 0 amide bonds. The highest BCUT2D eigenvalue weighted by atomic mass is 32.1. The second kappa shape index (κ2) is 4.68. The van der Waals surface area contributed by atoms with Gasteiger partial charge in [-0.2, -0.15) is 0 Å². The Morgan fingerprint density at radius 2 is 1.95 bits per heavy atom. The Bertz CT molecular complexity index is 599. The summed E-state index contributed by atoms with van der Waals surface area (Å²) in [6.45, 7) is 0. The fraction of sp³-hybridized carbons (Fsp3) is 0.412. The van der Waals surface area contributed by atoms with E-state index in [2.05, 4.69) is 35.0 Å². The van der Waals surface area contributed by atoms with Crippen molar-refractivity contribution in [3.63, 3.8) is 0 Å². The maximum atomic E-state index is 3.76. The molecule has 1 N–H and O–H groups in total. The van der Waals surface area contributed by atoms with Gasteiger partial charge >= 0.3 is 0 Å². The predicted molar refractivity (Wildman–Crippen MR) is 82.1 cm³/mol. The molecule has 0 saturated heterocycles. The first-order valence-electron chi connectivity index (χ1n) is 7.35. The molecule has 1 aromatic carbocycles. The van der Waals surface area contributed by atoms with E-state index < -0.39 is 0 Å². The molecule has 1 atom stereocenters. The molecule has 2 aliphatic carbocycles. The van der Waals surface area contributed by atoms with Crippen LogP contribution in [0.1, 0.15) is 46.9 Å². The van der Waals surface area contributed by atoms with E-state index in [1.165, 1.54) is 49.8 Å². The Balaban J connectivity index is 1.59. The zero-order chi connectivity index (χ0) is 12.7. The third kappa shape index (κ3) is 2.08. The number of hydrogen-bond donors (Lipinski definition) is 1. The highest BCUT2D eigenvalue weighted by Gasteiger charge is 2.21. The van der Waals surface area contributed by atoms with Crippen LogP contribution in [-0.2, 0) is 19.3 Å². The highest BCUT2D eigenvalue weighted by Crippen LogP contribution is 2.36. The van der Waals surface area contributed by atoms with Crippen LogP contribution in [0.4, 0.5) is 5.69 Å². The molecule has 1 nitrogen and oxygen atoms in total. The molecule has 0 saturated carbocycles. The van der Waals surface area contributed by atoms with Gasteiger partial charge in [0.15, 0.2) is 0 Å². The van der Waals surface area contributed by atoms with Crippen molar-refractivity contribution in [3.05, 3.63) is 51.2 Å². The van der Waals surface area contributed by atoms with Crippen LogP contribution in [0.5, 0.6) is 0 Å². The first-order valence-corrected chi connectivity index (χ1v) is 8.23. The van der Waals surface area contributed by atoms with Crippen LogP contribution < -0.4 is 5.32 Å². The van der Waals surface area contributed by atoms with E-state index >= 15 is 0 Å². The Morgan fingerprint density at radius 3 is 2.95 bits per heavy atom. The third-order valence-corrected chi connectivity index (χ3v) is 5.49. The van der Waals surface area contributed by atoms with Gasteiger partial charge in [0, 0.05) is 10.6 Å². The van der Waals surface area contributed by atoms with Gasteiger partial charge in [-0.05, 0) is 78.8 Å². The lowest BCUT2D eigenvalue weighted by molar-refractivity contribution is 0.609. The zero-order valence-corrected chi connectivity index (χ0v) is 11.9. The van der Waals surface area contributed by atoms with Crippen molar-refractivity contribution >= 4 is 17.0 Å². The maximum absolute atomic E-state index is 3.76. The summed E-state index contributed by atoms with van der Waals surface area (Å²) in [6, 6.07) is 9.80. The Morgan fingerprint density at radius 1 is 1.00 bits per heavy atom. The van der Waals surface area contributed by atoms with Crippen LogP contribution in [0.2, 0.25) is 0 Å². The van der Waals surface area contributed by atoms with Crippen molar-refractivity contribution in [2.45, 2.75) is 44.6 Å². The SMILES string of the molecule is c1cc2c(s1)CCCC2Nc1ccc2c(c1)CCC2. The van der Waals surface area contributed by atoms with Gasteiger partial charge in [-0.25, -0.2) is 0 Å². The number of benzene rings is 1. The van der Waals surface area contributed by atoms with Gasteiger partial charge in [0.2, 0.25) is 0 Å². The second-order valence-corrected chi connectivity index (χ2v) is 6.73. The molecule has 2 heteroatoms. The number of anilines is 1. The third-order valence-electron chi connectivity index (χ3n) is 4.49. The maximum Gasteiger partial charge on any atom is 0.0524 e. The molecule has 0 fully saturated rings. The van der Waals surface area contributed by atoms with E-state index in [-0.39, 0.29) is 0 Å². The van der Waals surface area contributed by atoms with Crippen LogP contribution >= 0.6 is 11.3 Å². The Hall–Kier alpha value is -1.28. The topological polar surface area (TPSA) is 12.0 Å². The zero-order valence-electron chi connectivity index (χ0n) is 11.1. The Kier molecular flexibility index (Phi) is 2.84. The van der Waals surface area contributed by atoms with Gasteiger partial charge in [0.25, 0.3) is 0 Å². The molecule has 19 heavy (non-hydrogen) atoms. The molecule has 0 bridgehead atoms. The molecule has 0 aliphatic heterocycles. The van der Waals surface area contributed by atoms with E-state index in [1.807, 2.05) is 11.3 Å². The standard InChI is InChI=1S/C17H19NS/c1-3-12-7-8-14(11-13(12)4-1)18-16-5-2-6-17-15(16)9-10-19-17/h7-11,16,18H,1-6H2. The summed E-state index contributed by atoms with van der Waals surface area (Å²) in [5.74, 6) is 0. The normalized spacial score (nSPS) is 20.9. The van der Waals surface area contributed by atoms with Crippen LogP contribution in [0, 0.1) is 0 Å². The summed E-state index contributed by atoms with van der Waals surface area (Å²) < 4.78 is 0. The van der Waals surface area contributed by atoms with E-state index in [0.29, 0.717) is 6.04 Å². The lowest BCUT2D eigenvalue weighted by Crippen LogP contribution is -2.15. The number of hydrogen-bond acceptors (Lipinski definition) is 2. The molecule has 0 spiro atoms. The molecule has 2 aliphatic rings. The molecule has 1 heterocycles. The second-order valence-electron chi connectivity index (χ2n) is 5.73. The minimum absolute atomic E-state index is 0.523. The smallest absolute Gasteiger partial charge is 0.0524 e. The highest BCUT2D eigenvalue weighted by molar-refractivity contribution is 7.10. The lowest BCUT2D eigenvalue weighted by atomic mass is 9.93. The van der Waals surface area contributed by atoms with Gasteiger partial charge in [-0.3, -0.25) is 0 Å². The molecule has 2 aromatic rings. The number of aryl methyl sites for hydroxylation is 3. The minimum atomic E-state index is 0.523. The van der Waals surface area contributed by atoms with Gasteiger partial charge in [0.1, 0.15) is 0 Å². The molecule has 4 rings (SSSR count). The quantitative estimate of drug-likeness (QED) is 0.831. The lowest BCUT2D eigenvalue weighted by Gasteiger charge is -2.25. The van der Waals surface area contributed by atoms with Gasteiger partial charge in [0.05, 0.1) is 6.04 Å². The molecular formula is C17H19NS. The van der Waals surface area contributed by atoms with Gasteiger partial charge in [-0.1, -0.05) is 6.07 Å². The summed E-state index contributed by atoms with van der Waals surface area (Å²) in [7, 11) is 0. The van der Waals surface area contributed by atoms with Crippen LogP contribution in [-0.4, -0.2) is 0 Å². The van der Waals surface area contributed by atoms with Crippen LogP contribution in [0.3, 0.4) is 0 Å². The molecular weight excluding hydrogens is 250 g/mol. The van der Waals surface area contributed by atoms with E-state index in [9.17, 15) is 0 Å². The average molecular weight is 269 g/mol. The summed E-state index contributed by atoms with van der Waals surface area (Å²) >= 11 is 1.92. The average Bonchev–Trinajstić information content (AvgIpc) is 3.06. The number of thiophene rings is 1. The van der Waals surface area contributed by atoms with Crippen molar-refractivity contribution in [3.8, 4) is 0 Å². The van der Waals surface area contributed by atoms with Crippen LogP contribution in [0.15, 0.2) is 29.6 Å². The van der Waals surface area contributed by atoms with Crippen LogP contribution in [0.25, 0.3) is 0 Å². The van der Waals surface area contributed by atoms with E-state index in [1.54, 1.807) is 16.0 Å². The number of nitrogens with one attached hydrogen (secondary N) is 1. The summed E-state index contributed by atoms with van der Waals surface area (Å²) in [5.41, 5.74) is 5.97. The summed E-state index contributed by atoms with van der Waals surface area (Å²) in [6.07, 6.45) is 7.72.